The topological polar surface area (TPSA) is 58.2 Å². The number of benzene rings is 1. The number of sulfonamides is 1. The molecule has 2 N–H and O–H groups in total. The summed E-state index contributed by atoms with van der Waals surface area (Å²) < 4.78 is 27.9. The monoisotopic (exact) mass is 308 g/mol. The molecule has 3 rings (SSSR count). The fraction of sp³-hybridized carbons (Fsp3) is 0.625. The van der Waals surface area contributed by atoms with E-state index in [0.29, 0.717) is 16.9 Å². The Labute approximate surface area is 127 Å². The molecule has 0 saturated heterocycles. The Kier molecular flexibility index (Phi) is 4.08. The summed E-state index contributed by atoms with van der Waals surface area (Å²) >= 11 is 0. The molecule has 116 valence electrons. The molecule has 0 heterocycles. The maximum atomic E-state index is 12.5. The number of nitrogens with one attached hydrogen (secondary N) is 2. The Bertz CT molecular complexity index is 623. The van der Waals surface area contributed by atoms with E-state index in [1.54, 1.807) is 0 Å². The quantitative estimate of drug-likeness (QED) is 0.813. The number of aryl methyl sites for hydroxylation is 1. The summed E-state index contributed by atoms with van der Waals surface area (Å²) in [5.74, 6) is 0.514. The van der Waals surface area contributed by atoms with Crippen LogP contribution in [0.3, 0.4) is 0 Å². The highest BCUT2D eigenvalue weighted by atomic mass is 32.2. The van der Waals surface area contributed by atoms with E-state index in [9.17, 15) is 8.42 Å². The largest absolute Gasteiger partial charge is 0.310 e. The van der Waals surface area contributed by atoms with Crippen LogP contribution in [0, 0.1) is 12.8 Å². The van der Waals surface area contributed by atoms with E-state index in [1.165, 1.54) is 12.8 Å². The Balaban J connectivity index is 1.74. The molecule has 1 aromatic carbocycles. The molecule has 2 saturated carbocycles. The second-order valence-electron chi connectivity index (χ2n) is 6.39. The molecule has 2 unspecified atom stereocenters. The maximum absolute atomic E-state index is 12.5. The third-order valence-corrected chi connectivity index (χ3v) is 6.10. The van der Waals surface area contributed by atoms with Crippen molar-refractivity contribution < 1.29 is 8.42 Å². The van der Waals surface area contributed by atoms with Crippen LogP contribution in [0.5, 0.6) is 0 Å². The lowest BCUT2D eigenvalue weighted by Crippen LogP contribution is -2.28. The van der Waals surface area contributed by atoms with Crippen molar-refractivity contribution in [2.24, 2.45) is 5.92 Å². The molecule has 2 fully saturated rings. The van der Waals surface area contributed by atoms with Crippen molar-refractivity contribution in [1.29, 1.82) is 0 Å². The third kappa shape index (κ3) is 3.65. The highest BCUT2D eigenvalue weighted by molar-refractivity contribution is 7.89. The summed E-state index contributed by atoms with van der Waals surface area (Å²) in [4.78, 5) is 0.430. The molecule has 21 heavy (non-hydrogen) atoms. The van der Waals surface area contributed by atoms with Gasteiger partial charge in [-0.15, -0.1) is 0 Å². The van der Waals surface area contributed by atoms with Crippen molar-refractivity contribution in [2.45, 2.75) is 63.1 Å². The first-order valence-electron chi connectivity index (χ1n) is 7.85. The van der Waals surface area contributed by atoms with Gasteiger partial charge >= 0.3 is 0 Å². The molecule has 0 radical (unpaired) electrons. The van der Waals surface area contributed by atoms with E-state index in [4.69, 9.17) is 0 Å². The van der Waals surface area contributed by atoms with Crippen LogP contribution in [-0.4, -0.2) is 20.5 Å². The van der Waals surface area contributed by atoms with E-state index in [1.807, 2.05) is 25.1 Å². The van der Waals surface area contributed by atoms with Crippen LogP contribution in [-0.2, 0) is 16.6 Å². The lowest BCUT2D eigenvalue weighted by molar-refractivity contribution is 0.575. The predicted molar refractivity (Wildman–Crippen MR) is 83.5 cm³/mol. The zero-order valence-corrected chi connectivity index (χ0v) is 13.5. The van der Waals surface area contributed by atoms with Gasteiger partial charge in [0.1, 0.15) is 0 Å². The number of hydrogen-bond donors (Lipinski definition) is 2. The Hall–Kier alpha value is -0.910. The Morgan fingerprint density at radius 1 is 1.29 bits per heavy atom. The summed E-state index contributed by atoms with van der Waals surface area (Å²) in [5.41, 5.74) is 1.85. The second-order valence-corrected chi connectivity index (χ2v) is 8.07. The Morgan fingerprint density at radius 2 is 2.05 bits per heavy atom. The minimum Gasteiger partial charge on any atom is -0.310 e. The van der Waals surface area contributed by atoms with Crippen molar-refractivity contribution >= 4 is 10.0 Å². The lowest BCUT2D eigenvalue weighted by Gasteiger charge is -2.11. The molecule has 2 aliphatic rings. The highest BCUT2D eigenvalue weighted by Gasteiger charge is 2.38. The summed E-state index contributed by atoms with van der Waals surface area (Å²) in [6, 6.07) is 6.49. The van der Waals surface area contributed by atoms with Gasteiger partial charge in [-0.1, -0.05) is 25.5 Å². The van der Waals surface area contributed by atoms with Gasteiger partial charge < -0.3 is 5.32 Å². The van der Waals surface area contributed by atoms with Crippen molar-refractivity contribution in [1.82, 2.24) is 10.0 Å². The Morgan fingerprint density at radius 3 is 2.67 bits per heavy atom. The lowest BCUT2D eigenvalue weighted by atomic mass is 10.1. The predicted octanol–water partition coefficient (Wildman–Crippen LogP) is 2.32. The fourth-order valence-electron chi connectivity index (χ4n) is 2.70. The maximum Gasteiger partial charge on any atom is 0.241 e. The molecule has 2 atom stereocenters. The molecular formula is C16H24N2O2S. The van der Waals surface area contributed by atoms with Crippen LogP contribution in [0.2, 0.25) is 0 Å². The molecule has 0 aliphatic heterocycles. The summed E-state index contributed by atoms with van der Waals surface area (Å²) in [6.07, 6.45) is 4.48. The SMILES string of the molecule is CCC1CC1NS(=O)(=O)c1cc(CNC2CC2)ccc1C. The first kappa shape index (κ1) is 15.0. The van der Waals surface area contributed by atoms with Gasteiger partial charge in [-0.25, -0.2) is 13.1 Å². The standard InChI is InChI=1S/C16H24N2O2S/c1-3-13-9-15(13)18-21(19,20)16-8-12(5-4-11(16)2)10-17-14-6-7-14/h4-5,8,13-15,17-18H,3,6-7,9-10H2,1-2H3. The van der Waals surface area contributed by atoms with E-state index in [-0.39, 0.29) is 6.04 Å². The molecular weight excluding hydrogens is 284 g/mol. The van der Waals surface area contributed by atoms with Gasteiger partial charge in [-0.3, -0.25) is 0 Å². The van der Waals surface area contributed by atoms with Crippen molar-refractivity contribution in [3.63, 3.8) is 0 Å². The molecule has 0 aromatic heterocycles. The molecule has 0 spiro atoms. The van der Waals surface area contributed by atoms with Gasteiger partial charge in [0, 0.05) is 18.6 Å². The van der Waals surface area contributed by atoms with Crippen LogP contribution in [0.4, 0.5) is 0 Å². The van der Waals surface area contributed by atoms with Crippen LogP contribution in [0.15, 0.2) is 23.1 Å². The van der Waals surface area contributed by atoms with Crippen LogP contribution in [0.25, 0.3) is 0 Å². The zero-order chi connectivity index (χ0) is 15.0. The van der Waals surface area contributed by atoms with Gasteiger partial charge in [0.25, 0.3) is 0 Å². The van der Waals surface area contributed by atoms with Crippen molar-refractivity contribution in [3.05, 3.63) is 29.3 Å². The summed E-state index contributed by atoms with van der Waals surface area (Å²) in [6.45, 7) is 4.71. The van der Waals surface area contributed by atoms with E-state index < -0.39 is 10.0 Å². The molecule has 0 bridgehead atoms. The molecule has 0 amide bonds. The minimum absolute atomic E-state index is 0.132. The average molecular weight is 308 g/mol. The molecule has 5 heteroatoms. The van der Waals surface area contributed by atoms with Crippen molar-refractivity contribution in [2.75, 3.05) is 0 Å². The molecule has 1 aromatic rings. The number of hydrogen-bond acceptors (Lipinski definition) is 3. The zero-order valence-electron chi connectivity index (χ0n) is 12.7. The summed E-state index contributed by atoms with van der Waals surface area (Å²) in [7, 11) is -3.39. The van der Waals surface area contributed by atoms with Crippen LogP contribution in [0.1, 0.15) is 43.7 Å². The van der Waals surface area contributed by atoms with Gasteiger partial charge in [-0.05, 0) is 49.3 Å². The normalized spacial score (nSPS) is 25.0. The second kappa shape index (κ2) is 5.71. The van der Waals surface area contributed by atoms with Crippen LogP contribution >= 0.6 is 0 Å². The van der Waals surface area contributed by atoms with E-state index in [2.05, 4.69) is 17.0 Å². The number of rotatable bonds is 7. The van der Waals surface area contributed by atoms with Crippen LogP contribution < -0.4 is 10.0 Å². The smallest absolute Gasteiger partial charge is 0.241 e. The van der Waals surface area contributed by atoms with Gasteiger partial charge in [0.15, 0.2) is 0 Å². The van der Waals surface area contributed by atoms with Crippen molar-refractivity contribution in [3.8, 4) is 0 Å². The van der Waals surface area contributed by atoms with Gasteiger partial charge in [0.05, 0.1) is 4.90 Å². The first-order chi connectivity index (χ1) is 9.99. The average Bonchev–Trinajstić information content (AvgIpc) is 3.33. The van der Waals surface area contributed by atoms with E-state index >= 15 is 0 Å². The summed E-state index contributed by atoms with van der Waals surface area (Å²) in [5, 5.41) is 3.43. The highest BCUT2D eigenvalue weighted by Crippen LogP contribution is 2.34. The molecule has 2 aliphatic carbocycles. The minimum atomic E-state index is -3.39. The fourth-order valence-corrected chi connectivity index (χ4v) is 4.31. The van der Waals surface area contributed by atoms with Gasteiger partial charge in [-0.2, -0.15) is 0 Å². The van der Waals surface area contributed by atoms with Gasteiger partial charge in [0.2, 0.25) is 10.0 Å². The first-order valence-corrected chi connectivity index (χ1v) is 9.33. The van der Waals surface area contributed by atoms with E-state index in [0.717, 1.165) is 30.5 Å². The third-order valence-electron chi connectivity index (χ3n) is 4.47. The molecule has 4 nitrogen and oxygen atoms in total.